The van der Waals surface area contributed by atoms with Crippen LogP contribution in [0.3, 0.4) is 0 Å². The number of ketones is 1. The van der Waals surface area contributed by atoms with E-state index in [4.69, 9.17) is 4.42 Å². The van der Waals surface area contributed by atoms with Gasteiger partial charge in [-0.2, -0.15) is 0 Å². The molecule has 0 saturated heterocycles. The number of hydrogen-bond acceptors (Lipinski definition) is 3. The topological polar surface area (TPSA) is 50.4 Å². The third-order valence-corrected chi connectivity index (χ3v) is 5.77. The molecule has 0 aliphatic rings. The molecule has 1 aromatic heterocycles. The highest BCUT2D eigenvalue weighted by molar-refractivity contribution is 14.1. The predicted molar refractivity (Wildman–Crippen MR) is 116 cm³/mol. The van der Waals surface area contributed by atoms with E-state index in [0.717, 1.165) is 29.6 Å². The second-order valence-electron chi connectivity index (χ2n) is 6.45. The fourth-order valence-electron chi connectivity index (χ4n) is 2.78. The van der Waals surface area contributed by atoms with Crippen LogP contribution < -0.4 is 0 Å². The van der Waals surface area contributed by atoms with Crippen LogP contribution in [0.5, 0.6) is 5.75 Å². The van der Waals surface area contributed by atoms with E-state index in [1.807, 2.05) is 69.4 Å². The fourth-order valence-corrected chi connectivity index (χ4v) is 4.55. The number of carbonyl (C=O) groups is 1. The van der Waals surface area contributed by atoms with E-state index in [9.17, 15) is 9.90 Å². The number of furan rings is 1. The Morgan fingerprint density at radius 1 is 1.16 bits per heavy atom. The summed E-state index contributed by atoms with van der Waals surface area (Å²) in [5.74, 6) is 1.44. The van der Waals surface area contributed by atoms with E-state index in [1.54, 1.807) is 12.1 Å². The molecule has 3 rings (SSSR count). The zero-order valence-corrected chi connectivity index (χ0v) is 18.3. The minimum Gasteiger partial charge on any atom is -0.506 e. The lowest BCUT2D eigenvalue weighted by atomic mass is 9.97. The maximum Gasteiger partial charge on any atom is 0.197 e. The van der Waals surface area contributed by atoms with Gasteiger partial charge in [0.2, 0.25) is 0 Å². The normalized spacial score (nSPS) is 11.4. The number of aryl methyl sites for hydroxylation is 1. The van der Waals surface area contributed by atoms with Crippen molar-refractivity contribution in [1.29, 1.82) is 0 Å². The average molecular weight is 560 g/mol. The zero-order chi connectivity index (χ0) is 18.1. The Morgan fingerprint density at radius 2 is 1.80 bits per heavy atom. The van der Waals surface area contributed by atoms with Gasteiger partial charge < -0.3 is 9.52 Å². The van der Waals surface area contributed by atoms with Crippen LogP contribution in [0.4, 0.5) is 0 Å². The van der Waals surface area contributed by atoms with Gasteiger partial charge in [-0.3, -0.25) is 4.79 Å². The van der Waals surface area contributed by atoms with Crippen LogP contribution in [0, 0.1) is 13.1 Å². The van der Waals surface area contributed by atoms with Gasteiger partial charge in [-0.1, -0.05) is 32.0 Å². The second-order valence-corrected chi connectivity index (χ2v) is 8.77. The molecule has 0 aliphatic heterocycles. The third-order valence-electron chi connectivity index (χ3n) is 4.12. The van der Waals surface area contributed by atoms with Crippen molar-refractivity contribution in [3.05, 3.63) is 60.4 Å². The Balaban J connectivity index is 2.12. The highest BCUT2D eigenvalue weighted by atomic mass is 127. The molecule has 0 spiro atoms. The molecule has 1 N–H and O–H groups in total. The summed E-state index contributed by atoms with van der Waals surface area (Å²) in [5, 5.41) is 10.8. The molecular formula is C20H18I2O3. The predicted octanol–water partition coefficient (Wildman–Crippen LogP) is 6.17. The van der Waals surface area contributed by atoms with Crippen LogP contribution in [0.25, 0.3) is 11.0 Å². The van der Waals surface area contributed by atoms with E-state index in [1.165, 1.54) is 0 Å². The quantitative estimate of drug-likeness (QED) is 0.300. The van der Waals surface area contributed by atoms with E-state index >= 15 is 0 Å². The molecule has 3 nitrogen and oxygen atoms in total. The van der Waals surface area contributed by atoms with Gasteiger partial charge in [0.25, 0.3) is 0 Å². The molecular weight excluding hydrogens is 542 g/mol. The van der Waals surface area contributed by atoms with Crippen LogP contribution in [-0.2, 0) is 6.42 Å². The summed E-state index contributed by atoms with van der Waals surface area (Å²) in [5.41, 5.74) is 1.96. The fraction of sp³-hybridized carbons (Fsp3) is 0.250. The van der Waals surface area contributed by atoms with Gasteiger partial charge >= 0.3 is 0 Å². The van der Waals surface area contributed by atoms with Gasteiger partial charge in [0.05, 0.1) is 12.7 Å². The van der Waals surface area contributed by atoms with E-state index < -0.39 is 0 Å². The summed E-state index contributed by atoms with van der Waals surface area (Å²) in [6.45, 7) is 4.32. The van der Waals surface area contributed by atoms with Gasteiger partial charge in [-0.05, 0) is 75.7 Å². The molecule has 1 heterocycles. The van der Waals surface area contributed by atoms with Crippen molar-refractivity contribution < 1.29 is 14.3 Å². The standard InChI is InChI=1S/C20H18I2O3/c1-11(2)7-8-17-18(13-5-3-4-6-16(13)25-17)19(23)12-9-14(21)20(24)15(22)10-12/h3-6,9-11,24H,7-8H2,1-2H3. The van der Waals surface area contributed by atoms with Crippen molar-refractivity contribution >= 4 is 61.9 Å². The van der Waals surface area contributed by atoms with Crippen LogP contribution in [-0.4, -0.2) is 10.9 Å². The van der Waals surface area contributed by atoms with Crippen molar-refractivity contribution in [2.24, 2.45) is 5.92 Å². The number of halogens is 2. The Hall–Kier alpha value is -1.09. The maximum absolute atomic E-state index is 13.3. The summed E-state index contributed by atoms with van der Waals surface area (Å²) >= 11 is 4.10. The highest BCUT2D eigenvalue weighted by Gasteiger charge is 2.23. The van der Waals surface area contributed by atoms with Crippen molar-refractivity contribution in [3.63, 3.8) is 0 Å². The molecule has 0 amide bonds. The van der Waals surface area contributed by atoms with Crippen LogP contribution in [0.15, 0.2) is 40.8 Å². The highest BCUT2D eigenvalue weighted by Crippen LogP contribution is 2.32. The number of phenols is 1. The Labute approximate surface area is 174 Å². The van der Waals surface area contributed by atoms with E-state index in [0.29, 0.717) is 24.2 Å². The first kappa shape index (κ1) is 18.7. The van der Waals surface area contributed by atoms with Crippen molar-refractivity contribution in [2.75, 3.05) is 0 Å². The van der Waals surface area contributed by atoms with Crippen molar-refractivity contribution in [1.82, 2.24) is 0 Å². The number of phenolic OH excluding ortho intramolecular Hbond substituents is 1. The summed E-state index contributed by atoms with van der Waals surface area (Å²) in [4.78, 5) is 13.3. The number of fused-ring (bicyclic) bond motifs is 1. The molecule has 0 bridgehead atoms. The molecule has 0 saturated carbocycles. The molecule has 130 valence electrons. The summed E-state index contributed by atoms with van der Waals surface area (Å²) < 4.78 is 7.34. The molecule has 0 unspecified atom stereocenters. The summed E-state index contributed by atoms with van der Waals surface area (Å²) in [7, 11) is 0. The minimum absolute atomic E-state index is 0.0560. The lowest BCUT2D eigenvalue weighted by Crippen LogP contribution is -2.06. The van der Waals surface area contributed by atoms with Crippen molar-refractivity contribution in [3.8, 4) is 5.75 Å². The van der Waals surface area contributed by atoms with Gasteiger partial charge in [0.15, 0.2) is 5.78 Å². The van der Waals surface area contributed by atoms with Gasteiger partial charge in [-0.25, -0.2) is 0 Å². The van der Waals surface area contributed by atoms with Gasteiger partial charge in [-0.15, -0.1) is 0 Å². The first-order chi connectivity index (χ1) is 11.9. The van der Waals surface area contributed by atoms with Crippen LogP contribution in [0.1, 0.15) is 41.9 Å². The maximum atomic E-state index is 13.3. The molecule has 3 aromatic rings. The number of rotatable bonds is 5. The minimum atomic E-state index is -0.0560. The molecule has 5 heteroatoms. The Bertz CT molecular complexity index is 918. The lowest BCUT2D eigenvalue weighted by molar-refractivity contribution is 0.103. The molecule has 2 aromatic carbocycles. The van der Waals surface area contributed by atoms with E-state index in [2.05, 4.69) is 13.8 Å². The largest absolute Gasteiger partial charge is 0.506 e. The molecule has 0 atom stereocenters. The third kappa shape index (κ3) is 3.86. The second kappa shape index (κ2) is 7.65. The molecule has 25 heavy (non-hydrogen) atoms. The Kier molecular flexibility index (Phi) is 5.72. The first-order valence-corrected chi connectivity index (χ1v) is 10.3. The van der Waals surface area contributed by atoms with Crippen LogP contribution >= 0.6 is 45.2 Å². The van der Waals surface area contributed by atoms with Gasteiger partial charge in [0.1, 0.15) is 17.1 Å². The molecule has 0 radical (unpaired) electrons. The zero-order valence-electron chi connectivity index (χ0n) is 14.0. The molecule has 0 aliphatic carbocycles. The summed E-state index contributed by atoms with van der Waals surface area (Å²) in [6, 6.07) is 11.1. The summed E-state index contributed by atoms with van der Waals surface area (Å²) in [6.07, 6.45) is 1.70. The van der Waals surface area contributed by atoms with Gasteiger partial charge in [0, 0.05) is 17.4 Å². The number of hydrogen-bond donors (Lipinski definition) is 1. The lowest BCUT2D eigenvalue weighted by Gasteiger charge is -2.07. The average Bonchev–Trinajstić information content (AvgIpc) is 2.95. The van der Waals surface area contributed by atoms with Crippen LogP contribution in [0.2, 0.25) is 0 Å². The first-order valence-electron chi connectivity index (χ1n) is 8.11. The number of aromatic hydroxyl groups is 1. The molecule has 0 fully saturated rings. The Morgan fingerprint density at radius 3 is 2.44 bits per heavy atom. The SMILES string of the molecule is CC(C)CCc1oc2ccccc2c1C(=O)c1cc(I)c(O)c(I)c1. The number of para-hydroxylation sites is 1. The number of benzene rings is 2. The number of carbonyl (C=O) groups excluding carboxylic acids is 1. The smallest absolute Gasteiger partial charge is 0.197 e. The van der Waals surface area contributed by atoms with Crippen molar-refractivity contribution in [2.45, 2.75) is 26.7 Å². The monoisotopic (exact) mass is 560 g/mol. The van der Waals surface area contributed by atoms with E-state index in [-0.39, 0.29) is 11.5 Å².